The molecule has 0 spiro atoms. The molecule has 1 aromatic carbocycles. The van der Waals surface area contributed by atoms with Crippen molar-refractivity contribution in [1.82, 2.24) is 9.21 Å². The van der Waals surface area contributed by atoms with Gasteiger partial charge in [-0.05, 0) is 43.0 Å². The van der Waals surface area contributed by atoms with Gasteiger partial charge in [0.2, 0.25) is 10.0 Å². The number of carboxylic acids is 1. The Bertz CT molecular complexity index is 740. The van der Waals surface area contributed by atoms with Crippen LogP contribution in [0, 0.1) is 5.92 Å². The van der Waals surface area contributed by atoms with Crippen molar-refractivity contribution < 1.29 is 23.1 Å². The van der Waals surface area contributed by atoms with Crippen molar-refractivity contribution in [3.8, 4) is 0 Å². The molecule has 144 valence electrons. The average Bonchev–Trinajstić information content (AvgIpc) is 2.60. The molecule has 2 amide bonds. The first-order valence-electron chi connectivity index (χ1n) is 8.54. The van der Waals surface area contributed by atoms with Crippen LogP contribution in [0.5, 0.6) is 0 Å². The van der Waals surface area contributed by atoms with Crippen molar-refractivity contribution in [3.05, 3.63) is 24.3 Å². The molecule has 1 aliphatic rings. The fraction of sp³-hybridized carbons (Fsp3) is 0.529. The van der Waals surface area contributed by atoms with Gasteiger partial charge < -0.3 is 15.3 Å². The van der Waals surface area contributed by atoms with Gasteiger partial charge in [-0.3, -0.25) is 4.79 Å². The van der Waals surface area contributed by atoms with E-state index in [0.29, 0.717) is 24.7 Å². The Kier molecular flexibility index (Phi) is 6.60. The number of urea groups is 1. The predicted molar refractivity (Wildman–Crippen MR) is 97.5 cm³/mol. The molecule has 1 fully saturated rings. The van der Waals surface area contributed by atoms with Gasteiger partial charge >= 0.3 is 12.0 Å². The Morgan fingerprint density at radius 1 is 1.23 bits per heavy atom. The molecule has 0 unspecified atom stereocenters. The van der Waals surface area contributed by atoms with E-state index in [9.17, 15) is 18.0 Å². The summed E-state index contributed by atoms with van der Waals surface area (Å²) in [6, 6.07) is 5.55. The molecule has 0 saturated carbocycles. The number of carbonyl (C=O) groups is 2. The first-order chi connectivity index (χ1) is 12.2. The second-order valence-electron chi connectivity index (χ2n) is 6.61. The summed E-state index contributed by atoms with van der Waals surface area (Å²) in [6.45, 7) is 3.25. The summed E-state index contributed by atoms with van der Waals surface area (Å²) in [5.74, 6) is -0.441. The molecule has 1 aliphatic heterocycles. The zero-order chi connectivity index (χ0) is 19.3. The number of aliphatic carboxylic acids is 1. The van der Waals surface area contributed by atoms with Crippen LogP contribution < -0.4 is 5.32 Å². The Morgan fingerprint density at radius 2 is 1.81 bits per heavy atom. The Labute approximate surface area is 153 Å². The quantitative estimate of drug-likeness (QED) is 0.782. The third kappa shape index (κ3) is 5.18. The monoisotopic (exact) mass is 383 g/mol. The number of anilines is 1. The molecule has 8 nitrogen and oxygen atoms in total. The third-order valence-corrected chi connectivity index (χ3v) is 6.41. The van der Waals surface area contributed by atoms with Crippen molar-refractivity contribution in [2.45, 2.75) is 31.1 Å². The molecule has 0 aromatic heterocycles. The zero-order valence-electron chi connectivity index (χ0n) is 15.0. The maximum atomic E-state index is 12.7. The molecule has 2 N–H and O–H groups in total. The van der Waals surface area contributed by atoms with E-state index in [1.54, 1.807) is 0 Å². The van der Waals surface area contributed by atoms with Crippen molar-refractivity contribution >= 4 is 27.7 Å². The number of rotatable bonds is 6. The summed E-state index contributed by atoms with van der Waals surface area (Å²) in [5.41, 5.74) is 0.448. The van der Waals surface area contributed by atoms with E-state index in [-0.39, 0.29) is 17.9 Å². The standard InChI is InChI=1S/C17H25N3O5S/c1-13-7-11-20(12-8-13)26(24,25)15-5-3-14(4-6-15)18-17(23)19(2)10-9-16(21)22/h3-6,13H,7-12H2,1-2H3,(H,18,23)(H,21,22). The molecule has 1 heterocycles. The number of amides is 2. The summed E-state index contributed by atoms with van der Waals surface area (Å²) in [4.78, 5) is 24.0. The van der Waals surface area contributed by atoms with Gasteiger partial charge in [-0.15, -0.1) is 0 Å². The van der Waals surface area contributed by atoms with Crippen molar-refractivity contribution in [3.63, 3.8) is 0 Å². The maximum Gasteiger partial charge on any atom is 0.321 e. The highest BCUT2D eigenvalue weighted by Crippen LogP contribution is 2.24. The van der Waals surface area contributed by atoms with Crippen molar-refractivity contribution in [2.24, 2.45) is 5.92 Å². The first-order valence-corrected chi connectivity index (χ1v) is 9.98. The summed E-state index contributed by atoms with van der Waals surface area (Å²) < 4.78 is 26.8. The van der Waals surface area contributed by atoms with Crippen LogP contribution in [-0.2, 0) is 14.8 Å². The van der Waals surface area contributed by atoms with Gasteiger partial charge in [0.15, 0.2) is 0 Å². The lowest BCUT2D eigenvalue weighted by Gasteiger charge is -2.29. The first kappa shape index (κ1) is 20.2. The Morgan fingerprint density at radius 3 is 2.35 bits per heavy atom. The fourth-order valence-electron chi connectivity index (χ4n) is 2.67. The smallest absolute Gasteiger partial charge is 0.321 e. The molecule has 9 heteroatoms. The van der Waals surface area contributed by atoms with E-state index in [2.05, 4.69) is 12.2 Å². The normalized spacial score (nSPS) is 16.2. The van der Waals surface area contributed by atoms with Gasteiger partial charge in [0, 0.05) is 32.4 Å². The number of nitrogens with zero attached hydrogens (tertiary/aromatic N) is 2. The second-order valence-corrected chi connectivity index (χ2v) is 8.54. The number of carbonyl (C=O) groups excluding carboxylic acids is 1. The minimum absolute atomic E-state index is 0.0843. The maximum absolute atomic E-state index is 12.7. The van der Waals surface area contributed by atoms with E-state index in [1.165, 1.54) is 40.5 Å². The number of nitrogens with one attached hydrogen (secondary N) is 1. The number of hydrogen-bond donors (Lipinski definition) is 2. The van der Waals surface area contributed by atoms with Crippen molar-refractivity contribution in [1.29, 1.82) is 0 Å². The van der Waals surface area contributed by atoms with Gasteiger partial charge in [-0.25, -0.2) is 13.2 Å². The summed E-state index contributed by atoms with van der Waals surface area (Å²) in [5, 5.41) is 11.3. The Hall–Kier alpha value is -2.13. The number of benzene rings is 1. The average molecular weight is 383 g/mol. The van der Waals surface area contributed by atoms with Crippen LogP contribution in [-0.4, -0.2) is 61.4 Å². The fourth-order valence-corrected chi connectivity index (χ4v) is 4.14. The van der Waals surface area contributed by atoms with E-state index >= 15 is 0 Å². The highest BCUT2D eigenvalue weighted by Gasteiger charge is 2.27. The summed E-state index contributed by atoms with van der Waals surface area (Å²) in [7, 11) is -2.03. The van der Waals surface area contributed by atoms with Gasteiger partial charge in [0.1, 0.15) is 0 Å². The van der Waals surface area contributed by atoms with Gasteiger partial charge in [0.05, 0.1) is 11.3 Å². The van der Waals surface area contributed by atoms with Gasteiger partial charge in [0.25, 0.3) is 0 Å². The minimum Gasteiger partial charge on any atom is -0.481 e. The molecule has 0 bridgehead atoms. The lowest BCUT2D eigenvalue weighted by molar-refractivity contribution is -0.137. The molecule has 1 saturated heterocycles. The van der Waals surface area contributed by atoms with Gasteiger partial charge in [-0.2, -0.15) is 4.31 Å². The molecule has 1 aromatic rings. The molecule has 26 heavy (non-hydrogen) atoms. The number of hydrogen-bond acceptors (Lipinski definition) is 4. The van der Waals surface area contributed by atoms with E-state index in [4.69, 9.17) is 5.11 Å². The van der Waals surface area contributed by atoms with Crippen LogP contribution in [0.4, 0.5) is 10.5 Å². The van der Waals surface area contributed by atoms with E-state index < -0.39 is 22.0 Å². The SMILES string of the molecule is CC1CCN(S(=O)(=O)c2ccc(NC(=O)N(C)CCC(=O)O)cc2)CC1. The number of carboxylic acid groups (broad SMARTS) is 1. The van der Waals surface area contributed by atoms with Crippen LogP contribution in [0.25, 0.3) is 0 Å². The van der Waals surface area contributed by atoms with Crippen molar-refractivity contribution in [2.75, 3.05) is 32.0 Å². The van der Waals surface area contributed by atoms with Gasteiger partial charge in [-0.1, -0.05) is 6.92 Å². The van der Waals surface area contributed by atoms with Crippen LogP contribution in [0.2, 0.25) is 0 Å². The minimum atomic E-state index is -3.52. The van der Waals surface area contributed by atoms with E-state index in [0.717, 1.165) is 12.8 Å². The molecule has 0 radical (unpaired) electrons. The van der Waals surface area contributed by atoms with Crippen LogP contribution in [0.3, 0.4) is 0 Å². The Balaban J connectivity index is 1.99. The molecule has 2 rings (SSSR count). The number of sulfonamides is 1. The van der Waals surface area contributed by atoms with Crippen LogP contribution in [0.1, 0.15) is 26.2 Å². The van der Waals surface area contributed by atoms with E-state index in [1.807, 2.05) is 0 Å². The lowest BCUT2D eigenvalue weighted by atomic mass is 10.0. The lowest BCUT2D eigenvalue weighted by Crippen LogP contribution is -2.37. The molecular weight excluding hydrogens is 358 g/mol. The molecular formula is C17H25N3O5S. The van der Waals surface area contributed by atoms with Crippen LogP contribution in [0.15, 0.2) is 29.2 Å². The highest BCUT2D eigenvalue weighted by atomic mass is 32.2. The summed E-state index contributed by atoms with van der Waals surface area (Å²) in [6.07, 6.45) is 1.57. The predicted octanol–water partition coefficient (Wildman–Crippen LogP) is 2.05. The van der Waals surface area contributed by atoms with Crippen LogP contribution >= 0.6 is 0 Å². The molecule has 0 aliphatic carbocycles. The number of piperidine rings is 1. The highest BCUT2D eigenvalue weighted by molar-refractivity contribution is 7.89. The topological polar surface area (TPSA) is 107 Å². The second kappa shape index (κ2) is 8.50. The third-order valence-electron chi connectivity index (χ3n) is 4.49. The summed E-state index contributed by atoms with van der Waals surface area (Å²) >= 11 is 0. The largest absolute Gasteiger partial charge is 0.481 e. The molecule has 0 atom stereocenters. The zero-order valence-corrected chi connectivity index (χ0v) is 15.8.